The molecule has 140 valence electrons. The highest BCUT2D eigenvalue weighted by Crippen LogP contribution is 2.39. The molecule has 2 fully saturated rings. The highest BCUT2D eigenvalue weighted by atomic mass is 15.2. The van der Waals surface area contributed by atoms with Crippen LogP contribution in [0, 0.1) is 16.7 Å². The zero-order chi connectivity index (χ0) is 19.0. The van der Waals surface area contributed by atoms with E-state index in [2.05, 4.69) is 26.3 Å². The quantitative estimate of drug-likeness (QED) is 0.740. The van der Waals surface area contributed by atoms with Gasteiger partial charge >= 0.3 is 0 Å². The van der Waals surface area contributed by atoms with Crippen molar-refractivity contribution in [3.63, 3.8) is 0 Å². The van der Waals surface area contributed by atoms with Gasteiger partial charge in [-0.25, -0.2) is 9.97 Å². The van der Waals surface area contributed by atoms with Crippen LogP contribution in [0.1, 0.15) is 24.8 Å². The minimum atomic E-state index is 0.447. The van der Waals surface area contributed by atoms with E-state index in [1.165, 1.54) is 19.3 Å². The highest BCUT2D eigenvalue weighted by Gasteiger charge is 2.37. The van der Waals surface area contributed by atoms with Crippen LogP contribution in [-0.4, -0.2) is 46.1 Å². The summed E-state index contributed by atoms with van der Waals surface area (Å²) < 4.78 is 0. The maximum absolute atomic E-state index is 9.45. The normalized spacial score (nSPS) is 18.5. The Kier molecular flexibility index (Phi) is 4.14. The summed E-state index contributed by atoms with van der Waals surface area (Å²) >= 11 is 0. The molecule has 0 bridgehead atoms. The lowest BCUT2D eigenvalue weighted by molar-refractivity contribution is 0.247. The molecule has 1 spiro atoms. The molecular weight excluding hydrogens is 350 g/mol. The zero-order valence-corrected chi connectivity index (χ0v) is 15.6. The molecule has 0 unspecified atom stereocenters. The van der Waals surface area contributed by atoms with Gasteiger partial charge in [0.05, 0.1) is 17.3 Å². The average Bonchev–Trinajstić information content (AvgIpc) is 3.21. The third kappa shape index (κ3) is 2.86. The van der Waals surface area contributed by atoms with Gasteiger partial charge in [-0.15, -0.1) is 0 Å². The van der Waals surface area contributed by atoms with Gasteiger partial charge in [0, 0.05) is 49.2 Å². The van der Waals surface area contributed by atoms with E-state index in [1.54, 1.807) is 30.9 Å². The third-order valence-corrected chi connectivity index (χ3v) is 6.12. The van der Waals surface area contributed by atoms with Crippen LogP contribution in [0.25, 0.3) is 22.3 Å². The Labute approximate surface area is 163 Å². The van der Waals surface area contributed by atoms with Crippen LogP contribution >= 0.6 is 0 Å². The first-order valence-electron chi connectivity index (χ1n) is 9.70. The van der Waals surface area contributed by atoms with Gasteiger partial charge < -0.3 is 10.2 Å². The first-order valence-corrected chi connectivity index (χ1v) is 9.70. The highest BCUT2D eigenvalue weighted by molar-refractivity contribution is 5.90. The third-order valence-electron chi connectivity index (χ3n) is 6.12. The molecule has 0 aromatic carbocycles. The Morgan fingerprint density at radius 3 is 2.64 bits per heavy atom. The largest absolute Gasteiger partial charge is 0.356 e. The first-order chi connectivity index (χ1) is 13.8. The summed E-state index contributed by atoms with van der Waals surface area (Å²) in [6.45, 7) is 4.22. The second-order valence-corrected chi connectivity index (χ2v) is 7.71. The number of nitrogens with one attached hydrogen (secondary N) is 1. The summed E-state index contributed by atoms with van der Waals surface area (Å²) in [5, 5.41) is 14.0. The molecule has 1 N–H and O–H groups in total. The average molecular weight is 371 g/mol. The van der Waals surface area contributed by atoms with Crippen molar-refractivity contribution in [1.29, 1.82) is 5.26 Å². The zero-order valence-electron chi connectivity index (χ0n) is 15.6. The number of anilines is 1. The van der Waals surface area contributed by atoms with Crippen molar-refractivity contribution in [1.82, 2.24) is 25.3 Å². The van der Waals surface area contributed by atoms with E-state index in [0.29, 0.717) is 22.4 Å². The molecule has 0 amide bonds. The fourth-order valence-corrected chi connectivity index (χ4v) is 4.42. The van der Waals surface area contributed by atoms with Crippen molar-refractivity contribution in [2.45, 2.75) is 19.3 Å². The fraction of sp³-hybridized carbons (Fsp3) is 0.381. The lowest BCUT2D eigenvalue weighted by Gasteiger charge is -2.39. The predicted octanol–water partition coefficient (Wildman–Crippen LogP) is 2.54. The molecule has 7 nitrogen and oxygen atoms in total. The van der Waals surface area contributed by atoms with Gasteiger partial charge in [-0.05, 0) is 43.4 Å². The number of pyridine rings is 2. The number of aromatic nitrogens is 4. The van der Waals surface area contributed by atoms with Crippen molar-refractivity contribution in [2.24, 2.45) is 5.41 Å². The van der Waals surface area contributed by atoms with Crippen LogP contribution in [-0.2, 0) is 0 Å². The van der Waals surface area contributed by atoms with E-state index in [9.17, 15) is 5.26 Å². The summed E-state index contributed by atoms with van der Waals surface area (Å²) in [5.41, 5.74) is 2.43. The van der Waals surface area contributed by atoms with E-state index < -0.39 is 0 Å². The number of nitriles is 1. The molecule has 2 aliphatic heterocycles. The van der Waals surface area contributed by atoms with Gasteiger partial charge in [0.2, 0.25) is 0 Å². The summed E-state index contributed by atoms with van der Waals surface area (Å²) in [6.07, 6.45) is 10.4. The van der Waals surface area contributed by atoms with Crippen molar-refractivity contribution in [3.8, 4) is 17.5 Å². The van der Waals surface area contributed by atoms with Crippen molar-refractivity contribution >= 4 is 16.7 Å². The van der Waals surface area contributed by atoms with E-state index in [-0.39, 0.29) is 0 Å². The van der Waals surface area contributed by atoms with Crippen LogP contribution in [0.2, 0.25) is 0 Å². The van der Waals surface area contributed by atoms with E-state index >= 15 is 0 Å². The summed E-state index contributed by atoms with van der Waals surface area (Å²) in [5.74, 6) is 1.49. The first kappa shape index (κ1) is 17.0. The Bertz CT molecular complexity index is 1060. The summed E-state index contributed by atoms with van der Waals surface area (Å²) in [6, 6.07) is 5.98. The summed E-state index contributed by atoms with van der Waals surface area (Å²) in [4.78, 5) is 20.3. The Hall–Kier alpha value is -3.11. The van der Waals surface area contributed by atoms with E-state index in [1.807, 2.05) is 6.07 Å². The fourth-order valence-electron chi connectivity index (χ4n) is 4.42. The molecule has 0 saturated carbocycles. The number of hydrogen-bond donors (Lipinski definition) is 1. The molecular formula is C21H21N7. The standard InChI is InChI=1S/C21H21N7/c22-11-15-12-23-6-1-16(15)19-26-18-13-24-7-2-17(18)20(27-19)28-9-4-21(5-10-28)3-8-25-14-21/h1-2,6-7,12-13,25H,3-5,8-10,14H2. The monoisotopic (exact) mass is 371 g/mol. The van der Waals surface area contributed by atoms with Crippen LogP contribution in [0.5, 0.6) is 0 Å². The van der Waals surface area contributed by atoms with E-state index in [4.69, 9.17) is 9.97 Å². The molecule has 2 aliphatic rings. The molecule has 0 aliphatic carbocycles. The molecule has 28 heavy (non-hydrogen) atoms. The molecule has 0 atom stereocenters. The van der Waals surface area contributed by atoms with Crippen LogP contribution < -0.4 is 10.2 Å². The van der Waals surface area contributed by atoms with Crippen molar-refractivity contribution in [2.75, 3.05) is 31.1 Å². The Morgan fingerprint density at radius 1 is 1.04 bits per heavy atom. The minimum Gasteiger partial charge on any atom is -0.356 e. The van der Waals surface area contributed by atoms with E-state index in [0.717, 1.165) is 42.9 Å². The number of rotatable bonds is 2. The minimum absolute atomic E-state index is 0.447. The topological polar surface area (TPSA) is 90.6 Å². The van der Waals surface area contributed by atoms with Gasteiger partial charge in [-0.1, -0.05) is 0 Å². The molecule has 7 heteroatoms. The lowest BCUT2D eigenvalue weighted by Crippen LogP contribution is -2.41. The van der Waals surface area contributed by atoms with Gasteiger partial charge in [0.1, 0.15) is 11.9 Å². The molecule has 5 heterocycles. The van der Waals surface area contributed by atoms with Crippen molar-refractivity contribution < 1.29 is 0 Å². The van der Waals surface area contributed by atoms with Gasteiger partial charge in [-0.2, -0.15) is 5.26 Å². The smallest absolute Gasteiger partial charge is 0.163 e. The second kappa shape index (κ2) is 6.80. The van der Waals surface area contributed by atoms with Crippen LogP contribution in [0.4, 0.5) is 5.82 Å². The van der Waals surface area contributed by atoms with Crippen LogP contribution in [0.15, 0.2) is 36.9 Å². The maximum atomic E-state index is 9.45. The van der Waals surface area contributed by atoms with Gasteiger partial charge in [-0.3, -0.25) is 9.97 Å². The predicted molar refractivity (Wildman–Crippen MR) is 107 cm³/mol. The number of hydrogen-bond acceptors (Lipinski definition) is 7. The van der Waals surface area contributed by atoms with Gasteiger partial charge in [0.25, 0.3) is 0 Å². The second-order valence-electron chi connectivity index (χ2n) is 7.71. The number of piperidine rings is 1. The molecule has 0 radical (unpaired) electrons. The Morgan fingerprint density at radius 2 is 1.86 bits per heavy atom. The maximum Gasteiger partial charge on any atom is 0.163 e. The van der Waals surface area contributed by atoms with Gasteiger partial charge in [0.15, 0.2) is 5.82 Å². The summed E-state index contributed by atoms with van der Waals surface area (Å²) in [7, 11) is 0. The van der Waals surface area contributed by atoms with Crippen LogP contribution in [0.3, 0.4) is 0 Å². The molecule has 5 rings (SSSR count). The lowest BCUT2D eigenvalue weighted by atomic mass is 9.78. The number of nitrogens with zero attached hydrogens (tertiary/aromatic N) is 6. The molecule has 3 aromatic rings. The Balaban J connectivity index is 1.58. The van der Waals surface area contributed by atoms with Crippen molar-refractivity contribution in [3.05, 3.63) is 42.5 Å². The molecule has 2 saturated heterocycles. The SMILES string of the molecule is N#Cc1cnccc1-c1nc(N2CCC3(CCNC3)CC2)c2ccncc2n1. The number of fused-ring (bicyclic) bond motifs is 1. The molecule has 3 aromatic heterocycles.